The van der Waals surface area contributed by atoms with Crippen molar-refractivity contribution in [2.24, 2.45) is 5.92 Å². The molecule has 1 saturated heterocycles. The van der Waals surface area contributed by atoms with E-state index >= 15 is 0 Å². The van der Waals surface area contributed by atoms with E-state index in [1.54, 1.807) is 7.05 Å². The number of benzene rings is 1. The number of anilines is 2. The second-order valence-electron chi connectivity index (χ2n) is 8.11. The van der Waals surface area contributed by atoms with Gasteiger partial charge in [0.1, 0.15) is 6.04 Å². The fraction of sp³-hybridized carbons (Fsp3) is 0.591. The number of ether oxygens (including phenoxy) is 1. The van der Waals surface area contributed by atoms with E-state index in [1.165, 1.54) is 11.8 Å². The molecule has 0 radical (unpaired) electrons. The van der Waals surface area contributed by atoms with Gasteiger partial charge in [-0.05, 0) is 43.0 Å². The molecule has 164 valence electrons. The summed E-state index contributed by atoms with van der Waals surface area (Å²) in [5.41, 5.74) is 1.78. The smallest absolute Gasteiger partial charge is 0.245 e. The van der Waals surface area contributed by atoms with Gasteiger partial charge in [-0.25, -0.2) is 0 Å². The molecule has 1 atom stereocenters. The van der Waals surface area contributed by atoms with Gasteiger partial charge in [0.25, 0.3) is 0 Å². The molecule has 8 heteroatoms. The number of rotatable bonds is 7. The Hall–Kier alpha value is -2.61. The molecule has 1 aromatic carbocycles. The third-order valence-corrected chi connectivity index (χ3v) is 5.78. The van der Waals surface area contributed by atoms with Crippen LogP contribution in [-0.4, -0.2) is 68.6 Å². The zero-order valence-electron chi connectivity index (χ0n) is 17.9. The summed E-state index contributed by atoms with van der Waals surface area (Å²) in [6.45, 7) is 4.51. The number of carbonyl (C=O) groups excluding carboxylic acids is 3. The van der Waals surface area contributed by atoms with Gasteiger partial charge in [0.05, 0.1) is 19.8 Å². The fourth-order valence-corrected chi connectivity index (χ4v) is 4.20. The van der Waals surface area contributed by atoms with Crippen molar-refractivity contribution in [1.82, 2.24) is 10.2 Å². The number of hydrogen-bond donors (Lipinski definition) is 2. The lowest BCUT2D eigenvalue weighted by molar-refractivity contribution is -0.138. The summed E-state index contributed by atoms with van der Waals surface area (Å²) >= 11 is 0. The molecule has 1 aliphatic carbocycles. The number of nitrogens with zero attached hydrogens (tertiary/aromatic N) is 2. The average molecular weight is 417 g/mol. The largest absolute Gasteiger partial charge is 0.378 e. The predicted molar refractivity (Wildman–Crippen MR) is 115 cm³/mol. The third-order valence-electron chi connectivity index (χ3n) is 5.78. The first-order chi connectivity index (χ1) is 14.4. The molecule has 1 saturated carbocycles. The van der Waals surface area contributed by atoms with Crippen LogP contribution >= 0.6 is 0 Å². The predicted octanol–water partition coefficient (Wildman–Crippen LogP) is 1.61. The molecule has 3 rings (SSSR count). The lowest BCUT2D eigenvalue weighted by Gasteiger charge is -2.29. The van der Waals surface area contributed by atoms with Gasteiger partial charge in [0.15, 0.2) is 0 Å². The molecule has 3 amide bonds. The molecule has 1 heterocycles. The third kappa shape index (κ3) is 5.95. The van der Waals surface area contributed by atoms with Gasteiger partial charge >= 0.3 is 0 Å². The number of carbonyl (C=O) groups is 3. The Bertz CT molecular complexity index is 740. The molecule has 8 nitrogen and oxygen atoms in total. The van der Waals surface area contributed by atoms with Crippen LogP contribution in [0.1, 0.15) is 32.6 Å². The van der Waals surface area contributed by atoms with E-state index < -0.39 is 6.04 Å². The Kier molecular flexibility index (Phi) is 7.68. The summed E-state index contributed by atoms with van der Waals surface area (Å²) in [5, 5.41) is 5.63. The van der Waals surface area contributed by atoms with Crippen molar-refractivity contribution >= 4 is 29.1 Å². The van der Waals surface area contributed by atoms with Gasteiger partial charge < -0.3 is 25.2 Å². The van der Waals surface area contributed by atoms with Gasteiger partial charge in [-0.2, -0.15) is 0 Å². The Labute approximate surface area is 177 Å². The Morgan fingerprint density at radius 1 is 1.13 bits per heavy atom. The highest BCUT2D eigenvalue weighted by atomic mass is 16.5. The number of nitrogens with one attached hydrogen (secondary N) is 2. The van der Waals surface area contributed by atoms with Crippen molar-refractivity contribution in [2.75, 3.05) is 50.1 Å². The maximum absolute atomic E-state index is 12.9. The van der Waals surface area contributed by atoms with Crippen LogP contribution in [0.5, 0.6) is 0 Å². The Balaban J connectivity index is 1.53. The van der Waals surface area contributed by atoms with Crippen molar-refractivity contribution in [3.05, 3.63) is 24.3 Å². The monoisotopic (exact) mass is 416 g/mol. The van der Waals surface area contributed by atoms with Gasteiger partial charge in [0.2, 0.25) is 17.7 Å². The molecule has 0 aromatic heterocycles. The summed E-state index contributed by atoms with van der Waals surface area (Å²) in [6, 6.07) is 7.12. The molecule has 1 aliphatic heterocycles. The number of hydrogen-bond acceptors (Lipinski definition) is 5. The van der Waals surface area contributed by atoms with Crippen LogP contribution in [0.2, 0.25) is 0 Å². The van der Waals surface area contributed by atoms with Gasteiger partial charge in [0, 0.05) is 38.4 Å². The second-order valence-corrected chi connectivity index (χ2v) is 8.11. The second kappa shape index (κ2) is 10.4. The quantitative estimate of drug-likeness (QED) is 0.705. The minimum Gasteiger partial charge on any atom is -0.378 e. The molecule has 1 aromatic rings. The van der Waals surface area contributed by atoms with Crippen molar-refractivity contribution in [1.29, 1.82) is 0 Å². The molecule has 1 unspecified atom stereocenters. The first-order valence-electron chi connectivity index (χ1n) is 10.7. The van der Waals surface area contributed by atoms with Crippen LogP contribution in [-0.2, 0) is 19.1 Å². The number of amides is 3. The van der Waals surface area contributed by atoms with E-state index in [0.29, 0.717) is 5.69 Å². The lowest BCUT2D eigenvalue weighted by atomic mass is 9.96. The molecular weight excluding hydrogens is 384 g/mol. The topological polar surface area (TPSA) is 91.0 Å². The van der Waals surface area contributed by atoms with E-state index in [2.05, 4.69) is 15.5 Å². The average Bonchev–Trinajstić information content (AvgIpc) is 3.27. The summed E-state index contributed by atoms with van der Waals surface area (Å²) in [6.07, 6.45) is 3.98. The molecule has 0 bridgehead atoms. The fourth-order valence-electron chi connectivity index (χ4n) is 4.20. The summed E-state index contributed by atoms with van der Waals surface area (Å²) in [4.78, 5) is 40.6. The van der Waals surface area contributed by atoms with E-state index in [-0.39, 0.29) is 30.2 Å². The molecule has 2 fully saturated rings. The van der Waals surface area contributed by atoms with E-state index in [9.17, 15) is 14.4 Å². The number of likely N-dealkylation sites (N-methyl/N-ethyl adjacent to an activating group) is 1. The van der Waals surface area contributed by atoms with Gasteiger partial charge in [-0.1, -0.05) is 12.8 Å². The Morgan fingerprint density at radius 3 is 2.37 bits per heavy atom. The maximum atomic E-state index is 12.9. The van der Waals surface area contributed by atoms with Gasteiger partial charge in [-0.15, -0.1) is 0 Å². The minimum absolute atomic E-state index is 0.0626. The van der Waals surface area contributed by atoms with Crippen LogP contribution in [0.25, 0.3) is 0 Å². The molecule has 0 spiro atoms. The van der Waals surface area contributed by atoms with Crippen LogP contribution < -0.4 is 15.5 Å². The molecule has 2 N–H and O–H groups in total. The first kappa shape index (κ1) is 22.1. The van der Waals surface area contributed by atoms with E-state index in [1.807, 2.05) is 24.3 Å². The normalized spacial score (nSPS) is 18.0. The Morgan fingerprint density at radius 2 is 1.77 bits per heavy atom. The summed E-state index contributed by atoms with van der Waals surface area (Å²) in [7, 11) is 1.60. The highest BCUT2D eigenvalue weighted by Gasteiger charge is 2.33. The molecule has 2 aliphatic rings. The van der Waals surface area contributed by atoms with Crippen molar-refractivity contribution in [2.45, 2.75) is 38.6 Å². The van der Waals surface area contributed by atoms with Crippen LogP contribution in [0.15, 0.2) is 24.3 Å². The van der Waals surface area contributed by atoms with E-state index in [0.717, 1.165) is 57.7 Å². The van der Waals surface area contributed by atoms with Crippen molar-refractivity contribution in [3.8, 4) is 0 Å². The summed E-state index contributed by atoms with van der Waals surface area (Å²) in [5.74, 6) is -0.564. The zero-order chi connectivity index (χ0) is 21.5. The van der Waals surface area contributed by atoms with E-state index in [4.69, 9.17) is 4.74 Å². The van der Waals surface area contributed by atoms with Crippen molar-refractivity contribution < 1.29 is 19.1 Å². The SMILES string of the molecule is CC(=O)NC(C(=O)N(C)CC(=O)Nc1ccc(N2CCOCC2)cc1)C1CCCC1. The minimum atomic E-state index is -0.560. The maximum Gasteiger partial charge on any atom is 0.245 e. The zero-order valence-corrected chi connectivity index (χ0v) is 17.9. The van der Waals surface area contributed by atoms with Gasteiger partial charge in [-0.3, -0.25) is 14.4 Å². The van der Waals surface area contributed by atoms with Crippen LogP contribution in [0, 0.1) is 5.92 Å². The van der Waals surface area contributed by atoms with Crippen LogP contribution in [0.3, 0.4) is 0 Å². The highest BCUT2D eigenvalue weighted by molar-refractivity contribution is 5.96. The highest BCUT2D eigenvalue weighted by Crippen LogP contribution is 2.28. The van der Waals surface area contributed by atoms with Crippen LogP contribution in [0.4, 0.5) is 11.4 Å². The first-order valence-corrected chi connectivity index (χ1v) is 10.7. The molecular formula is C22H32N4O4. The number of morpholine rings is 1. The molecule has 30 heavy (non-hydrogen) atoms. The van der Waals surface area contributed by atoms with Crippen molar-refractivity contribution in [3.63, 3.8) is 0 Å². The lowest BCUT2D eigenvalue weighted by Crippen LogP contribution is -2.51. The summed E-state index contributed by atoms with van der Waals surface area (Å²) < 4.78 is 5.37. The standard InChI is InChI=1S/C22H32N4O4/c1-16(27)23-21(17-5-3-4-6-17)22(29)25(2)15-20(28)24-18-7-9-19(10-8-18)26-11-13-30-14-12-26/h7-10,17,21H,3-6,11-15H2,1-2H3,(H,23,27)(H,24,28).